The van der Waals surface area contributed by atoms with Crippen molar-refractivity contribution in [3.63, 3.8) is 0 Å². The molecule has 0 spiro atoms. The van der Waals surface area contributed by atoms with Crippen LogP contribution in [0.4, 0.5) is 0 Å². The number of rotatable bonds is 2. The van der Waals surface area contributed by atoms with Crippen LogP contribution in [0.3, 0.4) is 0 Å². The van der Waals surface area contributed by atoms with E-state index in [9.17, 15) is 0 Å². The van der Waals surface area contributed by atoms with Crippen molar-refractivity contribution in [3.8, 4) is 0 Å². The number of benzene rings is 4. The van der Waals surface area contributed by atoms with E-state index in [4.69, 9.17) is 0 Å². The van der Waals surface area contributed by atoms with E-state index in [1.165, 1.54) is 113 Å². The molecule has 0 nitrogen and oxygen atoms in total. The Morgan fingerprint density at radius 3 is 1.20 bits per heavy atom. The van der Waals surface area contributed by atoms with E-state index < -0.39 is 0 Å². The van der Waals surface area contributed by atoms with E-state index in [0.717, 1.165) is 12.8 Å². The van der Waals surface area contributed by atoms with Crippen LogP contribution in [0.15, 0.2) is 134 Å². The van der Waals surface area contributed by atoms with E-state index in [0.29, 0.717) is 0 Å². The van der Waals surface area contributed by atoms with Crippen LogP contribution in [0.2, 0.25) is 0 Å². The summed E-state index contributed by atoms with van der Waals surface area (Å²) in [5.41, 5.74) is 5.62. The van der Waals surface area contributed by atoms with Crippen LogP contribution < -0.4 is 24.8 Å². The quantitative estimate of drug-likeness (QED) is 0.157. The maximum atomic E-state index is 2.32. The summed E-state index contributed by atoms with van der Waals surface area (Å²) in [7, 11) is 0. The van der Waals surface area contributed by atoms with E-state index in [1.807, 2.05) is 0 Å². The molecule has 0 atom stereocenters. The summed E-state index contributed by atoms with van der Waals surface area (Å²) in [5, 5.41) is 10.9. The first kappa shape index (κ1) is 38.1. The molecule has 0 aliphatic heterocycles. The van der Waals surface area contributed by atoms with E-state index >= 15 is 0 Å². The van der Waals surface area contributed by atoms with E-state index in [2.05, 4.69) is 161 Å². The molecule has 2 aliphatic carbocycles. The van der Waals surface area contributed by atoms with Crippen molar-refractivity contribution < 1.29 is 72.6 Å². The fraction of sp³-hybridized carbons (Fsp3) is 0.143. The van der Waals surface area contributed by atoms with Gasteiger partial charge in [-0.25, -0.2) is 0 Å². The maximum absolute atomic E-state index is 2.32. The summed E-state index contributed by atoms with van der Waals surface area (Å²) in [6, 6.07) is 35.2. The maximum Gasteiger partial charge on any atom is -1.00 e. The summed E-state index contributed by atoms with van der Waals surface area (Å²) in [6.07, 6.45) is 15.3. The summed E-state index contributed by atoms with van der Waals surface area (Å²) < 4.78 is 3.11. The normalized spacial score (nSPS) is 12.6. The predicted octanol–water partition coefficient (Wildman–Crippen LogP) is 5.61. The molecule has 0 N–H and O–H groups in total. The van der Waals surface area contributed by atoms with Crippen molar-refractivity contribution in [1.82, 2.24) is 0 Å². The largest absolute Gasteiger partial charge is 1.00 e. The van der Waals surface area contributed by atoms with Gasteiger partial charge in [0.1, 0.15) is 0 Å². The third-order valence-electron chi connectivity index (χ3n) is 7.55. The Morgan fingerprint density at radius 2 is 0.848 bits per heavy atom. The zero-order valence-electron chi connectivity index (χ0n) is 26.9. The first-order valence-corrected chi connectivity index (χ1v) is 18.8. The van der Waals surface area contributed by atoms with Crippen LogP contribution in [0.1, 0.15) is 51.7 Å². The molecule has 2 aliphatic rings. The van der Waals surface area contributed by atoms with Gasteiger partial charge in [0, 0.05) is 0 Å². The first-order valence-electron chi connectivity index (χ1n) is 15.2. The molecule has 228 valence electrons. The molecule has 46 heavy (non-hydrogen) atoms. The van der Waals surface area contributed by atoms with Crippen molar-refractivity contribution in [2.75, 3.05) is 0 Å². The minimum atomic E-state index is 0. The second-order valence-electron chi connectivity index (χ2n) is 11.6. The van der Waals surface area contributed by atoms with E-state index in [-0.39, 0.29) is 24.8 Å². The van der Waals surface area contributed by atoms with Gasteiger partial charge in [0.05, 0.1) is 0 Å². The topological polar surface area (TPSA) is 0 Å². The zero-order valence-corrected chi connectivity index (χ0v) is 35.6. The Kier molecular flexibility index (Phi) is 15.1. The first-order chi connectivity index (χ1) is 21.3. The molecule has 0 saturated heterocycles. The number of hydrogen-bond donors (Lipinski definition) is 0. The molecule has 4 heteroatoms. The van der Waals surface area contributed by atoms with Crippen LogP contribution in [-0.4, -0.2) is 6.51 Å². The van der Waals surface area contributed by atoms with E-state index in [1.54, 1.807) is 6.51 Å². The standard InChI is InChI=1S/2C18H13.2C3H6.2ClH.2Hf/c2*1-2-7-13(6-1)15-10-5-11-17-16-9-4-3-8-14(16)12-18(15)17;2*1-3-2;;;;/h2*1-6,8-12H,7H2;2*1-2H3;2*1H;;/q2*-1;;;;;2*+2/p-2. The van der Waals surface area contributed by atoms with Gasteiger partial charge in [-0.05, 0) is 12.8 Å². The molecule has 6 aromatic carbocycles. The van der Waals surface area contributed by atoms with Gasteiger partial charge in [-0.3, -0.25) is 0 Å². The molecule has 8 rings (SSSR count). The molecule has 0 bridgehead atoms. The molecule has 0 unspecified atom stereocenters. The average Bonchev–Trinajstić information content (AvgIpc) is 3.82. The number of allylic oxidation sites excluding steroid dienone is 8. The third-order valence-corrected chi connectivity index (χ3v) is 7.55. The van der Waals surface area contributed by atoms with Gasteiger partial charge < -0.3 is 24.8 Å². The molecule has 6 aromatic rings. The third kappa shape index (κ3) is 9.38. The average molecular weight is 971 g/mol. The second kappa shape index (κ2) is 18.3. The van der Waals surface area contributed by atoms with Crippen molar-refractivity contribution in [2.45, 2.75) is 40.5 Å². The van der Waals surface area contributed by atoms with Crippen molar-refractivity contribution in [2.24, 2.45) is 0 Å². The Labute approximate surface area is 315 Å². The number of halogens is 2. The minimum absolute atomic E-state index is 0. The molecule has 0 aromatic heterocycles. The number of hydrogen-bond acceptors (Lipinski definition) is 0. The fourth-order valence-electron chi connectivity index (χ4n) is 5.81. The van der Waals surface area contributed by atoms with Crippen LogP contribution in [-0.2, 0) is 47.8 Å². The van der Waals surface area contributed by atoms with Crippen molar-refractivity contribution in [1.29, 1.82) is 0 Å². The van der Waals surface area contributed by atoms with Crippen molar-refractivity contribution >= 4 is 60.7 Å². The van der Waals surface area contributed by atoms with Gasteiger partial charge in [-0.15, -0.1) is 67.4 Å². The molecule has 0 fully saturated rings. The Morgan fingerprint density at radius 1 is 0.500 bits per heavy atom. The summed E-state index contributed by atoms with van der Waals surface area (Å²) in [4.78, 5) is 0. The monoisotopic (exact) mass is 972 g/mol. The molecular weight excluding hydrogens is 932 g/mol. The summed E-state index contributed by atoms with van der Waals surface area (Å²) >= 11 is 2.53. The van der Waals surface area contributed by atoms with Gasteiger partial charge in [-0.1, -0.05) is 132 Å². The van der Waals surface area contributed by atoms with Crippen molar-refractivity contribution in [3.05, 3.63) is 145 Å². The summed E-state index contributed by atoms with van der Waals surface area (Å²) in [5.74, 6) is 0. The van der Waals surface area contributed by atoms with Crippen LogP contribution in [0.25, 0.3) is 54.2 Å². The summed E-state index contributed by atoms with van der Waals surface area (Å²) in [6.45, 7) is 8.58. The van der Waals surface area contributed by atoms with Gasteiger partial charge >= 0.3 is 82.0 Å². The predicted molar refractivity (Wildman–Crippen MR) is 190 cm³/mol. The minimum Gasteiger partial charge on any atom is -1.00 e. The van der Waals surface area contributed by atoms with Crippen LogP contribution in [0.5, 0.6) is 0 Å². The number of fused-ring (bicyclic) bond motifs is 6. The van der Waals surface area contributed by atoms with Gasteiger partial charge in [-0.2, -0.15) is 0 Å². The molecule has 0 saturated carbocycles. The van der Waals surface area contributed by atoms with Gasteiger partial charge in [0.25, 0.3) is 0 Å². The van der Waals surface area contributed by atoms with Crippen LogP contribution in [0, 0.1) is 0 Å². The molecular formula is C42H38Cl2Hf2. The van der Waals surface area contributed by atoms with Crippen LogP contribution >= 0.6 is 0 Å². The van der Waals surface area contributed by atoms with Gasteiger partial charge in [0.2, 0.25) is 0 Å². The second-order valence-corrected chi connectivity index (χ2v) is 18.8. The van der Waals surface area contributed by atoms with Gasteiger partial charge in [0.15, 0.2) is 0 Å². The smallest absolute Gasteiger partial charge is 1.00 e. The fourth-order valence-corrected chi connectivity index (χ4v) is 5.81. The molecule has 0 radical (unpaired) electrons. The zero-order chi connectivity index (χ0) is 31.1. The Bertz CT molecular complexity index is 1940. The Hall–Kier alpha value is -2.36. The Balaban J connectivity index is 0.000000197. The molecule has 0 amide bonds. The molecule has 0 heterocycles. The SMILES string of the molecule is C1=CCC(c2cccc3c2[cH-]c2ccccc23)=C1.C1=CCC(c2cccc3c2[cH-]c2ccccc23)=C1.C[C](C)=[Hf+2].C[C](C)=[Hf+2].[Cl-].[Cl-].